The maximum atomic E-state index is 7.16. The molecule has 0 unspecified atom stereocenters. The molecule has 6 nitrogen and oxygen atoms in total. The van der Waals surface area contributed by atoms with Crippen molar-refractivity contribution in [3.63, 3.8) is 0 Å². The van der Waals surface area contributed by atoms with Gasteiger partial charge in [0, 0.05) is 38.7 Å². The van der Waals surface area contributed by atoms with Crippen molar-refractivity contribution in [2.24, 2.45) is 11.5 Å². The van der Waals surface area contributed by atoms with E-state index < -0.39 is 0 Å². The molecule has 0 saturated carbocycles. The van der Waals surface area contributed by atoms with Crippen LogP contribution in [-0.4, -0.2) is 60.4 Å². The van der Waals surface area contributed by atoms with Crippen LogP contribution in [-0.2, 0) is 0 Å². The van der Waals surface area contributed by atoms with Crippen molar-refractivity contribution < 1.29 is 0 Å². The summed E-state index contributed by atoms with van der Waals surface area (Å²) in [7, 11) is 7.08. The van der Waals surface area contributed by atoms with E-state index in [0.29, 0.717) is 0 Å². The summed E-state index contributed by atoms with van der Waals surface area (Å²) in [6, 6.07) is 0. The van der Waals surface area contributed by atoms with Crippen LogP contribution >= 0.6 is 55.6 Å². The molecule has 0 aliphatic carbocycles. The SMILES string of the molecule is Br.Br.CN(CCSSCCN(C)C(=N)N)C(=N)N. The third-order valence-corrected chi connectivity index (χ3v) is 4.29. The van der Waals surface area contributed by atoms with E-state index in [-0.39, 0.29) is 45.9 Å². The Kier molecular flexibility index (Phi) is 17.6. The summed E-state index contributed by atoms with van der Waals surface area (Å²) < 4.78 is 0. The number of guanidine groups is 2. The lowest BCUT2D eigenvalue weighted by atomic mass is 10.6. The topological polar surface area (TPSA) is 106 Å². The van der Waals surface area contributed by atoms with Crippen LogP contribution in [0.4, 0.5) is 0 Å². The molecule has 0 heterocycles. The van der Waals surface area contributed by atoms with E-state index >= 15 is 0 Å². The zero-order chi connectivity index (χ0) is 12.6. The predicted octanol–water partition coefficient (Wildman–Crippen LogP) is 1.17. The van der Waals surface area contributed by atoms with E-state index in [2.05, 4.69) is 0 Å². The van der Waals surface area contributed by atoms with Crippen LogP contribution in [0.5, 0.6) is 0 Å². The maximum absolute atomic E-state index is 7.16. The number of hydrogen-bond donors (Lipinski definition) is 4. The highest BCUT2D eigenvalue weighted by Crippen LogP contribution is 2.20. The molecule has 0 amide bonds. The first kappa shape index (κ1) is 23.3. The second kappa shape index (κ2) is 13.6. The molecular weight excluding hydrogens is 404 g/mol. The third kappa shape index (κ3) is 12.7. The molecule has 110 valence electrons. The van der Waals surface area contributed by atoms with Gasteiger partial charge in [-0.3, -0.25) is 10.8 Å². The fraction of sp³-hybridized carbons (Fsp3) is 0.750. The number of halogens is 2. The lowest BCUT2D eigenvalue weighted by Gasteiger charge is -2.17. The first-order valence-electron chi connectivity index (χ1n) is 4.80. The Morgan fingerprint density at radius 1 is 0.889 bits per heavy atom. The summed E-state index contributed by atoms with van der Waals surface area (Å²) >= 11 is 0. The number of nitrogens with one attached hydrogen (secondary N) is 2. The number of nitrogens with two attached hydrogens (primary N) is 2. The van der Waals surface area contributed by atoms with E-state index in [1.54, 1.807) is 45.5 Å². The van der Waals surface area contributed by atoms with E-state index in [1.807, 2.05) is 0 Å². The zero-order valence-electron chi connectivity index (χ0n) is 10.5. The van der Waals surface area contributed by atoms with Gasteiger partial charge in [-0.05, 0) is 0 Å². The highest BCUT2D eigenvalue weighted by molar-refractivity contribution is 8.93. The standard InChI is InChI=1S/C8H20N6S2.2BrH/c1-13(7(9)10)3-5-15-16-6-4-14(2)8(11)12;;/h3-6H2,1-2H3,(H3,9,10)(H3,11,12);2*1H. The average molecular weight is 426 g/mol. The van der Waals surface area contributed by atoms with Crippen LogP contribution in [0.1, 0.15) is 0 Å². The van der Waals surface area contributed by atoms with Crippen LogP contribution in [0.2, 0.25) is 0 Å². The van der Waals surface area contributed by atoms with Gasteiger partial charge < -0.3 is 21.3 Å². The molecule has 0 aliphatic rings. The molecule has 6 N–H and O–H groups in total. The number of rotatable bonds is 7. The zero-order valence-corrected chi connectivity index (χ0v) is 15.6. The lowest BCUT2D eigenvalue weighted by Crippen LogP contribution is -2.34. The minimum Gasteiger partial charge on any atom is -0.370 e. The summed E-state index contributed by atoms with van der Waals surface area (Å²) in [6.07, 6.45) is 0. The van der Waals surface area contributed by atoms with Gasteiger partial charge in [0.05, 0.1) is 0 Å². The fourth-order valence-electron chi connectivity index (χ4n) is 0.707. The van der Waals surface area contributed by atoms with Gasteiger partial charge in [-0.15, -0.1) is 34.0 Å². The van der Waals surface area contributed by atoms with Gasteiger partial charge in [0.25, 0.3) is 0 Å². The summed E-state index contributed by atoms with van der Waals surface area (Å²) in [6.45, 7) is 1.55. The smallest absolute Gasteiger partial charge is 0.188 e. The molecule has 0 radical (unpaired) electrons. The Bertz CT molecular complexity index is 220. The largest absolute Gasteiger partial charge is 0.370 e. The van der Waals surface area contributed by atoms with Crippen molar-refractivity contribution in [3.05, 3.63) is 0 Å². The Balaban J connectivity index is -0.00000112. The van der Waals surface area contributed by atoms with Crippen LogP contribution in [0.25, 0.3) is 0 Å². The molecule has 0 fully saturated rings. The second-order valence-electron chi connectivity index (χ2n) is 3.26. The highest BCUT2D eigenvalue weighted by atomic mass is 79.9. The van der Waals surface area contributed by atoms with E-state index in [4.69, 9.17) is 22.3 Å². The first-order chi connectivity index (χ1) is 7.45. The van der Waals surface area contributed by atoms with E-state index in [1.165, 1.54) is 0 Å². The molecule has 0 aromatic carbocycles. The Morgan fingerprint density at radius 3 is 1.39 bits per heavy atom. The molecule has 10 heteroatoms. The van der Waals surface area contributed by atoms with Gasteiger partial charge in [-0.25, -0.2) is 0 Å². The molecule has 0 aromatic heterocycles. The number of hydrogen-bond acceptors (Lipinski definition) is 4. The van der Waals surface area contributed by atoms with E-state index in [0.717, 1.165) is 24.6 Å². The fourth-order valence-corrected chi connectivity index (χ4v) is 2.79. The summed E-state index contributed by atoms with van der Waals surface area (Å²) in [5.74, 6) is 2.04. The van der Waals surface area contributed by atoms with Crippen molar-refractivity contribution in [3.8, 4) is 0 Å². The first-order valence-corrected chi connectivity index (χ1v) is 7.28. The molecule has 0 saturated heterocycles. The van der Waals surface area contributed by atoms with Crippen molar-refractivity contribution in [2.45, 2.75) is 0 Å². The third-order valence-electron chi connectivity index (χ3n) is 1.93. The maximum Gasteiger partial charge on any atom is 0.188 e. The Morgan fingerprint density at radius 2 is 1.17 bits per heavy atom. The molecule has 18 heavy (non-hydrogen) atoms. The molecule has 0 rings (SSSR count). The predicted molar refractivity (Wildman–Crippen MR) is 94.6 cm³/mol. The van der Waals surface area contributed by atoms with Crippen molar-refractivity contribution in [1.29, 1.82) is 10.8 Å². The minimum absolute atomic E-state index is 0. The van der Waals surface area contributed by atoms with Gasteiger partial charge >= 0.3 is 0 Å². The summed E-state index contributed by atoms with van der Waals surface area (Å²) in [5, 5.41) is 14.3. The molecule has 0 bridgehead atoms. The summed E-state index contributed by atoms with van der Waals surface area (Å²) in [5.41, 5.74) is 10.6. The summed E-state index contributed by atoms with van der Waals surface area (Å²) in [4.78, 5) is 3.41. The molecule has 0 spiro atoms. The van der Waals surface area contributed by atoms with Crippen molar-refractivity contribution >= 4 is 67.5 Å². The van der Waals surface area contributed by atoms with Gasteiger partial charge in [-0.1, -0.05) is 21.6 Å². The quantitative estimate of drug-likeness (QED) is 0.211. The Labute approximate surface area is 138 Å². The van der Waals surface area contributed by atoms with Gasteiger partial charge in [0.2, 0.25) is 0 Å². The van der Waals surface area contributed by atoms with Crippen molar-refractivity contribution in [1.82, 2.24) is 9.80 Å². The van der Waals surface area contributed by atoms with Gasteiger partial charge in [0.1, 0.15) is 0 Å². The number of nitrogens with zero attached hydrogens (tertiary/aromatic N) is 2. The monoisotopic (exact) mass is 424 g/mol. The molecular formula is C8H22Br2N6S2. The second-order valence-corrected chi connectivity index (χ2v) is 5.96. The Hall–Kier alpha value is 0.200. The van der Waals surface area contributed by atoms with Crippen LogP contribution < -0.4 is 11.5 Å². The van der Waals surface area contributed by atoms with Gasteiger partial charge in [-0.2, -0.15) is 0 Å². The normalized spacial score (nSPS) is 8.78. The van der Waals surface area contributed by atoms with Crippen LogP contribution in [0.3, 0.4) is 0 Å². The molecule has 0 aromatic rings. The van der Waals surface area contributed by atoms with Crippen molar-refractivity contribution in [2.75, 3.05) is 38.7 Å². The molecule has 0 aliphatic heterocycles. The highest BCUT2D eigenvalue weighted by Gasteiger charge is 2.01. The van der Waals surface area contributed by atoms with Crippen LogP contribution in [0.15, 0.2) is 0 Å². The lowest BCUT2D eigenvalue weighted by molar-refractivity contribution is 0.529. The molecule has 0 atom stereocenters. The minimum atomic E-state index is 0. The van der Waals surface area contributed by atoms with Gasteiger partial charge in [0.15, 0.2) is 11.9 Å². The average Bonchev–Trinajstić information content (AvgIpc) is 2.21. The van der Waals surface area contributed by atoms with E-state index in [9.17, 15) is 0 Å². The van der Waals surface area contributed by atoms with Crippen LogP contribution in [0, 0.1) is 10.8 Å².